The van der Waals surface area contributed by atoms with Crippen molar-refractivity contribution in [2.75, 3.05) is 11.9 Å². The van der Waals surface area contributed by atoms with Gasteiger partial charge in [-0.3, -0.25) is 4.79 Å². The smallest absolute Gasteiger partial charge is 0.271 e. The van der Waals surface area contributed by atoms with Gasteiger partial charge >= 0.3 is 0 Å². The molecule has 0 fully saturated rings. The third-order valence-electron chi connectivity index (χ3n) is 2.43. The molecule has 0 aliphatic carbocycles. The monoisotopic (exact) mass is 273 g/mol. The van der Waals surface area contributed by atoms with E-state index in [0.717, 1.165) is 0 Å². The van der Waals surface area contributed by atoms with E-state index in [0.29, 0.717) is 29.7 Å². The first kappa shape index (κ1) is 13.7. The van der Waals surface area contributed by atoms with E-state index < -0.39 is 5.91 Å². The summed E-state index contributed by atoms with van der Waals surface area (Å²) < 4.78 is 5.31. The Balaban J connectivity index is 2.31. The first-order valence-corrected chi connectivity index (χ1v) is 6.11. The summed E-state index contributed by atoms with van der Waals surface area (Å²) in [7, 11) is 0. The molecule has 3 N–H and O–H groups in total. The topological polar surface area (TPSA) is 103 Å². The Labute approximate surface area is 116 Å². The number of carbonyl (C=O) groups excluding carboxylic acids is 1. The van der Waals surface area contributed by atoms with Gasteiger partial charge in [0.1, 0.15) is 5.82 Å². The lowest BCUT2D eigenvalue weighted by atomic mass is 10.2. The van der Waals surface area contributed by atoms with Crippen LogP contribution in [0.1, 0.15) is 23.1 Å². The summed E-state index contributed by atoms with van der Waals surface area (Å²) in [5.41, 5.74) is 6.47. The maximum atomic E-state index is 11.3. The van der Waals surface area contributed by atoms with Crippen LogP contribution in [0.4, 0.5) is 11.5 Å². The summed E-state index contributed by atoms with van der Waals surface area (Å²) in [6.45, 7) is 4.18. The SMILES string of the molecule is CCOc1cccc(Nc2cc(C)nnc2C(N)=O)n1. The van der Waals surface area contributed by atoms with Crippen molar-refractivity contribution in [1.82, 2.24) is 15.2 Å². The fraction of sp³-hybridized carbons (Fsp3) is 0.231. The highest BCUT2D eigenvalue weighted by Gasteiger charge is 2.12. The van der Waals surface area contributed by atoms with Crippen molar-refractivity contribution in [3.05, 3.63) is 35.7 Å². The molecule has 0 radical (unpaired) electrons. The van der Waals surface area contributed by atoms with Crippen LogP contribution in [0.3, 0.4) is 0 Å². The molecule has 2 aromatic heterocycles. The number of primary amides is 1. The number of nitrogens with one attached hydrogen (secondary N) is 1. The average Bonchev–Trinajstić information content (AvgIpc) is 2.39. The lowest BCUT2D eigenvalue weighted by molar-refractivity contribution is 0.0995. The van der Waals surface area contributed by atoms with Crippen LogP contribution in [0.5, 0.6) is 5.88 Å². The molecule has 104 valence electrons. The second-order valence-electron chi connectivity index (χ2n) is 4.03. The molecular weight excluding hydrogens is 258 g/mol. The minimum absolute atomic E-state index is 0.0687. The maximum Gasteiger partial charge on any atom is 0.271 e. The van der Waals surface area contributed by atoms with Crippen LogP contribution in [-0.2, 0) is 0 Å². The van der Waals surface area contributed by atoms with Crippen LogP contribution in [0.15, 0.2) is 24.3 Å². The van der Waals surface area contributed by atoms with E-state index in [1.54, 1.807) is 31.2 Å². The maximum absolute atomic E-state index is 11.3. The van der Waals surface area contributed by atoms with Gasteiger partial charge in [-0.15, -0.1) is 5.10 Å². The molecule has 7 heteroatoms. The van der Waals surface area contributed by atoms with Crippen molar-refractivity contribution < 1.29 is 9.53 Å². The first-order chi connectivity index (χ1) is 9.60. The summed E-state index contributed by atoms with van der Waals surface area (Å²) in [6, 6.07) is 6.98. The number of rotatable bonds is 5. The van der Waals surface area contributed by atoms with E-state index in [2.05, 4.69) is 20.5 Å². The summed E-state index contributed by atoms with van der Waals surface area (Å²) in [6.07, 6.45) is 0. The van der Waals surface area contributed by atoms with Crippen LogP contribution in [0.2, 0.25) is 0 Å². The summed E-state index contributed by atoms with van der Waals surface area (Å²) in [5.74, 6) is 0.378. The largest absolute Gasteiger partial charge is 0.478 e. The standard InChI is InChI=1S/C13H15N5O2/c1-3-20-11-6-4-5-10(16-11)15-9-7-8(2)17-18-12(9)13(14)19/h4-7H,3H2,1-2H3,(H2,14,19)(H,15,16,17). The zero-order chi connectivity index (χ0) is 14.5. The summed E-state index contributed by atoms with van der Waals surface area (Å²) in [5, 5.41) is 10.6. The van der Waals surface area contributed by atoms with Crippen LogP contribution < -0.4 is 15.8 Å². The number of nitrogens with zero attached hydrogens (tertiary/aromatic N) is 3. The van der Waals surface area contributed by atoms with Gasteiger partial charge in [-0.2, -0.15) is 10.1 Å². The molecule has 0 aliphatic heterocycles. The molecule has 2 aromatic rings. The molecule has 2 heterocycles. The van der Waals surface area contributed by atoms with Crippen LogP contribution in [0.25, 0.3) is 0 Å². The molecular formula is C13H15N5O2. The fourth-order valence-corrected chi connectivity index (χ4v) is 1.62. The van der Waals surface area contributed by atoms with Crippen LogP contribution in [-0.4, -0.2) is 27.7 Å². The number of hydrogen-bond donors (Lipinski definition) is 2. The average molecular weight is 273 g/mol. The Morgan fingerprint density at radius 1 is 1.40 bits per heavy atom. The number of aryl methyl sites for hydroxylation is 1. The van der Waals surface area contributed by atoms with E-state index in [9.17, 15) is 4.79 Å². The molecule has 0 unspecified atom stereocenters. The predicted molar refractivity (Wildman–Crippen MR) is 74.0 cm³/mol. The van der Waals surface area contributed by atoms with E-state index in [1.807, 2.05) is 6.92 Å². The minimum Gasteiger partial charge on any atom is -0.478 e. The number of amides is 1. The molecule has 0 atom stereocenters. The number of nitrogens with two attached hydrogens (primary N) is 1. The highest BCUT2D eigenvalue weighted by molar-refractivity contribution is 5.96. The van der Waals surface area contributed by atoms with Crippen LogP contribution in [0, 0.1) is 6.92 Å². The van der Waals surface area contributed by atoms with Crippen molar-refractivity contribution in [2.45, 2.75) is 13.8 Å². The van der Waals surface area contributed by atoms with E-state index in [4.69, 9.17) is 10.5 Å². The number of pyridine rings is 1. The molecule has 0 aliphatic rings. The second kappa shape index (κ2) is 5.96. The zero-order valence-corrected chi connectivity index (χ0v) is 11.3. The Morgan fingerprint density at radius 2 is 2.20 bits per heavy atom. The highest BCUT2D eigenvalue weighted by Crippen LogP contribution is 2.20. The number of anilines is 2. The van der Waals surface area contributed by atoms with E-state index >= 15 is 0 Å². The molecule has 20 heavy (non-hydrogen) atoms. The summed E-state index contributed by atoms with van der Waals surface area (Å²) >= 11 is 0. The van der Waals surface area contributed by atoms with Gasteiger partial charge in [-0.1, -0.05) is 6.07 Å². The molecule has 7 nitrogen and oxygen atoms in total. The predicted octanol–water partition coefficient (Wildman–Crippen LogP) is 1.42. The quantitative estimate of drug-likeness (QED) is 0.854. The minimum atomic E-state index is -0.652. The van der Waals surface area contributed by atoms with Crippen molar-refractivity contribution >= 4 is 17.4 Å². The van der Waals surface area contributed by atoms with Gasteiger partial charge in [0.2, 0.25) is 5.88 Å². The third-order valence-corrected chi connectivity index (χ3v) is 2.43. The van der Waals surface area contributed by atoms with Crippen LogP contribution >= 0.6 is 0 Å². The van der Waals surface area contributed by atoms with Gasteiger partial charge in [0.05, 0.1) is 18.0 Å². The number of carbonyl (C=O) groups is 1. The van der Waals surface area contributed by atoms with Crippen molar-refractivity contribution in [1.29, 1.82) is 0 Å². The molecule has 0 bridgehead atoms. The van der Waals surface area contributed by atoms with Crippen molar-refractivity contribution in [3.8, 4) is 5.88 Å². The molecule has 2 rings (SSSR count). The molecule has 0 saturated carbocycles. The Morgan fingerprint density at radius 3 is 2.90 bits per heavy atom. The zero-order valence-electron chi connectivity index (χ0n) is 11.3. The lowest BCUT2D eigenvalue weighted by Gasteiger charge is -2.10. The van der Waals surface area contributed by atoms with Crippen molar-refractivity contribution in [2.24, 2.45) is 5.73 Å². The molecule has 1 amide bonds. The lowest BCUT2D eigenvalue weighted by Crippen LogP contribution is -2.16. The number of aromatic nitrogens is 3. The van der Waals surface area contributed by atoms with Gasteiger partial charge in [-0.05, 0) is 26.0 Å². The van der Waals surface area contributed by atoms with Gasteiger partial charge in [0.25, 0.3) is 5.91 Å². The molecule has 0 spiro atoms. The number of ether oxygens (including phenoxy) is 1. The Bertz CT molecular complexity index is 630. The third kappa shape index (κ3) is 3.19. The van der Waals surface area contributed by atoms with E-state index in [1.165, 1.54) is 0 Å². The van der Waals surface area contributed by atoms with E-state index in [-0.39, 0.29) is 5.69 Å². The van der Waals surface area contributed by atoms with Crippen molar-refractivity contribution in [3.63, 3.8) is 0 Å². The van der Waals surface area contributed by atoms with Gasteiger partial charge < -0.3 is 15.8 Å². The highest BCUT2D eigenvalue weighted by atomic mass is 16.5. The number of hydrogen-bond acceptors (Lipinski definition) is 6. The van der Waals surface area contributed by atoms with Gasteiger partial charge in [0.15, 0.2) is 5.69 Å². The molecule has 0 aromatic carbocycles. The fourth-order valence-electron chi connectivity index (χ4n) is 1.62. The van der Waals surface area contributed by atoms with Gasteiger partial charge in [-0.25, -0.2) is 0 Å². The normalized spacial score (nSPS) is 10.1. The second-order valence-corrected chi connectivity index (χ2v) is 4.03. The van der Waals surface area contributed by atoms with Gasteiger partial charge in [0, 0.05) is 6.07 Å². The Kier molecular flexibility index (Phi) is 4.09. The first-order valence-electron chi connectivity index (χ1n) is 6.11. The Hall–Kier alpha value is -2.70. The molecule has 0 saturated heterocycles. The summed E-state index contributed by atoms with van der Waals surface area (Å²) in [4.78, 5) is 15.6.